The van der Waals surface area contributed by atoms with Gasteiger partial charge in [0, 0.05) is 19.2 Å². The number of ether oxygens (including phenoxy) is 1. The highest BCUT2D eigenvalue weighted by Gasteiger charge is 2.32. The second-order valence-corrected chi connectivity index (χ2v) is 6.63. The molecule has 0 aliphatic heterocycles. The summed E-state index contributed by atoms with van der Waals surface area (Å²) in [5.74, 6) is 1.69. The van der Waals surface area contributed by atoms with Crippen LogP contribution < -0.4 is 5.32 Å². The molecule has 0 aromatic carbocycles. The fourth-order valence-electron chi connectivity index (χ4n) is 4.01. The molecule has 1 N–H and O–H groups in total. The highest BCUT2D eigenvalue weighted by Crippen LogP contribution is 2.32. The molecular weight excluding hydrogens is 222 g/mol. The van der Waals surface area contributed by atoms with Crippen molar-refractivity contribution in [3.8, 4) is 0 Å². The summed E-state index contributed by atoms with van der Waals surface area (Å²) in [6.07, 6.45) is 11.3. The van der Waals surface area contributed by atoms with Crippen molar-refractivity contribution < 1.29 is 4.74 Å². The molecule has 0 heterocycles. The smallest absolute Gasteiger partial charge is 0.0724 e. The molecule has 0 saturated heterocycles. The summed E-state index contributed by atoms with van der Waals surface area (Å²) in [5.41, 5.74) is 0. The highest BCUT2D eigenvalue weighted by atomic mass is 16.5. The minimum absolute atomic E-state index is 0.452. The Morgan fingerprint density at radius 3 is 2.17 bits per heavy atom. The number of methoxy groups -OCH3 is 1. The van der Waals surface area contributed by atoms with Gasteiger partial charge in [0.1, 0.15) is 0 Å². The molecule has 0 aromatic rings. The standard InChI is InChI=1S/C16H31NO/c1-12(2)13-8-4-5-9-14(13)17-15-10-6-7-11-16(15)18-3/h12-17H,4-11H2,1-3H3. The van der Waals surface area contributed by atoms with Crippen molar-refractivity contribution in [1.29, 1.82) is 0 Å². The minimum atomic E-state index is 0.452. The SMILES string of the molecule is COC1CCCCC1NC1CCCCC1C(C)C. The Hall–Kier alpha value is -0.0800. The van der Waals surface area contributed by atoms with Crippen LogP contribution in [0.2, 0.25) is 0 Å². The van der Waals surface area contributed by atoms with Crippen molar-refractivity contribution in [3.63, 3.8) is 0 Å². The minimum Gasteiger partial charge on any atom is -0.380 e. The molecule has 2 heteroatoms. The molecule has 4 unspecified atom stereocenters. The maximum atomic E-state index is 5.68. The lowest BCUT2D eigenvalue weighted by atomic mass is 9.77. The van der Waals surface area contributed by atoms with Crippen LogP contribution in [0.3, 0.4) is 0 Å². The van der Waals surface area contributed by atoms with Crippen molar-refractivity contribution in [1.82, 2.24) is 5.32 Å². The average Bonchev–Trinajstić information content (AvgIpc) is 2.40. The van der Waals surface area contributed by atoms with E-state index in [1.165, 1.54) is 51.4 Å². The summed E-state index contributed by atoms with van der Waals surface area (Å²) in [7, 11) is 1.88. The first-order valence-corrected chi connectivity index (χ1v) is 8.01. The number of hydrogen-bond acceptors (Lipinski definition) is 2. The van der Waals surface area contributed by atoms with Crippen molar-refractivity contribution in [3.05, 3.63) is 0 Å². The lowest BCUT2D eigenvalue weighted by molar-refractivity contribution is 0.0293. The molecule has 106 valence electrons. The zero-order chi connectivity index (χ0) is 13.0. The predicted molar refractivity (Wildman–Crippen MR) is 76.8 cm³/mol. The Morgan fingerprint density at radius 2 is 1.50 bits per heavy atom. The van der Waals surface area contributed by atoms with Gasteiger partial charge in [-0.25, -0.2) is 0 Å². The van der Waals surface area contributed by atoms with Gasteiger partial charge in [0.15, 0.2) is 0 Å². The van der Waals surface area contributed by atoms with E-state index in [4.69, 9.17) is 4.74 Å². The van der Waals surface area contributed by atoms with E-state index in [1.807, 2.05) is 7.11 Å². The van der Waals surface area contributed by atoms with Gasteiger partial charge >= 0.3 is 0 Å². The molecule has 2 rings (SSSR count). The van der Waals surface area contributed by atoms with Crippen LogP contribution in [0.25, 0.3) is 0 Å². The third-order valence-corrected chi connectivity index (χ3v) is 5.11. The lowest BCUT2D eigenvalue weighted by Crippen LogP contribution is -2.51. The van der Waals surface area contributed by atoms with Gasteiger partial charge in [-0.15, -0.1) is 0 Å². The van der Waals surface area contributed by atoms with E-state index in [0.29, 0.717) is 12.1 Å². The Kier molecular flexibility index (Phi) is 5.50. The van der Waals surface area contributed by atoms with Gasteiger partial charge in [-0.1, -0.05) is 39.5 Å². The van der Waals surface area contributed by atoms with Gasteiger partial charge in [0.05, 0.1) is 6.10 Å². The molecule has 2 aliphatic carbocycles. The third-order valence-electron chi connectivity index (χ3n) is 5.11. The lowest BCUT2D eigenvalue weighted by Gasteiger charge is -2.40. The Balaban J connectivity index is 1.92. The van der Waals surface area contributed by atoms with Gasteiger partial charge in [-0.05, 0) is 37.5 Å². The van der Waals surface area contributed by atoms with Gasteiger partial charge in [0.2, 0.25) is 0 Å². The van der Waals surface area contributed by atoms with E-state index >= 15 is 0 Å². The van der Waals surface area contributed by atoms with Crippen LogP contribution >= 0.6 is 0 Å². The van der Waals surface area contributed by atoms with Gasteiger partial charge < -0.3 is 10.1 Å². The molecule has 4 atom stereocenters. The van der Waals surface area contributed by atoms with Crippen LogP contribution in [-0.4, -0.2) is 25.3 Å². The van der Waals surface area contributed by atoms with Crippen molar-refractivity contribution in [2.75, 3.05) is 7.11 Å². The van der Waals surface area contributed by atoms with Crippen LogP contribution in [-0.2, 0) is 4.74 Å². The average molecular weight is 253 g/mol. The van der Waals surface area contributed by atoms with Crippen LogP contribution in [0.4, 0.5) is 0 Å². The Morgan fingerprint density at radius 1 is 0.889 bits per heavy atom. The first-order chi connectivity index (χ1) is 8.72. The summed E-state index contributed by atoms with van der Waals surface area (Å²) in [6.45, 7) is 4.78. The Bertz CT molecular complexity index is 241. The maximum Gasteiger partial charge on any atom is 0.0724 e. The monoisotopic (exact) mass is 253 g/mol. The number of hydrogen-bond donors (Lipinski definition) is 1. The molecule has 0 amide bonds. The topological polar surface area (TPSA) is 21.3 Å². The van der Waals surface area contributed by atoms with Crippen LogP contribution in [0, 0.1) is 11.8 Å². The van der Waals surface area contributed by atoms with Crippen molar-refractivity contribution >= 4 is 0 Å². The van der Waals surface area contributed by atoms with E-state index in [0.717, 1.165) is 17.9 Å². The zero-order valence-corrected chi connectivity index (χ0v) is 12.5. The largest absolute Gasteiger partial charge is 0.380 e. The second-order valence-electron chi connectivity index (χ2n) is 6.63. The summed E-state index contributed by atoms with van der Waals surface area (Å²) in [6, 6.07) is 1.34. The first kappa shape index (κ1) is 14.3. The normalized spacial score (nSPS) is 38.0. The summed E-state index contributed by atoms with van der Waals surface area (Å²) in [4.78, 5) is 0. The van der Waals surface area contributed by atoms with E-state index in [1.54, 1.807) is 0 Å². The van der Waals surface area contributed by atoms with Crippen molar-refractivity contribution in [2.24, 2.45) is 11.8 Å². The van der Waals surface area contributed by atoms with Gasteiger partial charge in [-0.2, -0.15) is 0 Å². The molecule has 0 aromatic heterocycles. The Labute approximate surface area is 113 Å². The van der Waals surface area contributed by atoms with Crippen LogP contribution in [0.1, 0.15) is 65.2 Å². The number of rotatable bonds is 4. The zero-order valence-electron chi connectivity index (χ0n) is 12.5. The van der Waals surface area contributed by atoms with Crippen LogP contribution in [0.15, 0.2) is 0 Å². The fraction of sp³-hybridized carbons (Fsp3) is 1.00. The molecule has 0 bridgehead atoms. The summed E-state index contributed by atoms with van der Waals surface area (Å²) < 4.78 is 5.68. The number of nitrogens with one attached hydrogen (secondary N) is 1. The molecule has 18 heavy (non-hydrogen) atoms. The van der Waals surface area contributed by atoms with Gasteiger partial charge in [0.25, 0.3) is 0 Å². The van der Waals surface area contributed by atoms with E-state index in [2.05, 4.69) is 19.2 Å². The fourth-order valence-corrected chi connectivity index (χ4v) is 4.01. The molecule has 0 radical (unpaired) electrons. The molecule has 0 spiro atoms. The maximum absolute atomic E-state index is 5.68. The van der Waals surface area contributed by atoms with E-state index in [9.17, 15) is 0 Å². The molecule has 2 aliphatic rings. The van der Waals surface area contributed by atoms with Gasteiger partial charge in [-0.3, -0.25) is 0 Å². The molecule has 2 fully saturated rings. The highest BCUT2D eigenvalue weighted by molar-refractivity contribution is 4.89. The summed E-state index contributed by atoms with van der Waals surface area (Å²) >= 11 is 0. The molecular formula is C16H31NO. The second kappa shape index (κ2) is 6.91. The predicted octanol–water partition coefficient (Wildman–Crippen LogP) is 3.75. The summed E-state index contributed by atoms with van der Waals surface area (Å²) in [5, 5.41) is 3.97. The van der Waals surface area contributed by atoms with E-state index < -0.39 is 0 Å². The quantitative estimate of drug-likeness (QED) is 0.824. The van der Waals surface area contributed by atoms with Crippen LogP contribution in [0.5, 0.6) is 0 Å². The van der Waals surface area contributed by atoms with E-state index in [-0.39, 0.29) is 0 Å². The molecule has 2 saturated carbocycles. The third kappa shape index (κ3) is 3.48. The van der Waals surface area contributed by atoms with Crippen molar-refractivity contribution in [2.45, 2.75) is 83.4 Å². The first-order valence-electron chi connectivity index (χ1n) is 8.01. The molecule has 2 nitrogen and oxygen atoms in total.